The minimum Gasteiger partial charge on any atom is -0.547 e. The zero-order valence-electron chi connectivity index (χ0n) is 16.2. The zero-order valence-corrected chi connectivity index (χ0v) is 16.2. The average Bonchev–Trinajstić information content (AvgIpc) is 2.72. The summed E-state index contributed by atoms with van der Waals surface area (Å²) < 4.78 is 10.9. The van der Waals surface area contributed by atoms with E-state index in [4.69, 9.17) is 9.47 Å². The number of rotatable bonds is 10. The minimum absolute atomic E-state index is 0.312. The van der Waals surface area contributed by atoms with Crippen LogP contribution in [-0.4, -0.2) is 44.9 Å². The van der Waals surface area contributed by atoms with Crippen molar-refractivity contribution in [1.82, 2.24) is 0 Å². The molecule has 0 fully saturated rings. The predicted octanol–water partition coefficient (Wildman–Crippen LogP) is 2.09. The normalized spacial score (nSPS) is 14.1. The van der Waals surface area contributed by atoms with Gasteiger partial charge in [-0.1, -0.05) is 24.3 Å². The molecule has 0 spiro atoms. The molecule has 6 nitrogen and oxygen atoms in total. The molecule has 0 aromatic heterocycles. The average molecular weight is 383 g/mol. The second-order valence-electron chi connectivity index (χ2n) is 6.75. The Labute approximate surface area is 166 Å². The number of carboxylic acids is 1. The summed E-state index contributed by atoms with van der Waals surface area (Å²) in [7, 11) is 0. The highest BCUT2D eigenvalue weighted by Crippen LogP contribution is 2.30. The van der Waals surface area contributed by atoms with Gasteiger partial charge in [0.2, 0.25) is 0 Å². The molecule has 1 heterocycles. The summed E-state index contributed by atoms with van der Waals surface area (Å²) in [5, 5.41) is 14.5. The summed E-state index contributed by atoms with van der Waals surface area (Å²) in [5.74, 6) is -0.215. The van der Waals surface area contributed by atoms with Crippen molar-refractivity contribution in [1.29, 1.82) is 0 Å². The molecule has 1 atom stereocenters. The molecule has 0 radical (unpaired) electrons. The Hall–Kier alpha value is -2.73. The number of hydrogen-bond acceptors (Lipinski definition) is 6. The number of carboxylic acid groups (broad SMARTS) is 1. The molecular formula is C22H27N2O4-. The first-order valence-electron chi connectivity index (χ1n) is 9.79. The number of anilines is 2. The van der Waals surface area contributed by atoms with Gasteiger partial charge in [0, 0.05) is 31.8 Å². The summed E-state index contributed by atoms with van der Waals surface area (Å²) in [6.07, 6.45) is 0.417. The van der Waals surface area contributed by atoms with Crippen LogP contribution in [0.15, 0.2) is 48.5 Å². The molecule has 0 bridgehead atoms. The van der Waals surface area contributed by atoms with E-state index in [2.05, 4.69) is 16.3 Å². The van der Waals surface area contributed by atoms with Crippen molar-refractivity contribution in [3.63, 3.8) is 0 Å². The Balaban J connectivity index is 1.44. The summed E-state index contributed by atoms with van der Waals surface area (Å²) in [5.41, 5.74) is 3.10. The first-order valence-corrected chi connectivity index (χ1v) is 9.79. The number of carbonyl (C=O) groups is 1. The molecule has 0 saturated heterocycles. The van der Waals surface area contributed by atoms with Gasteiger partial charge in [0.1, 0.15) is 18.5 Å². The lowest BCUT2D eigenvalue weighted by atomic mass is 10.1. The van der Waals surface area contributed by atoms with E-state index in [0.29, 0.717) is 13.0 Å². The third kappa shape index (κ3) is 5.39. The lowest BCUT2D eigenvalue weighted by Crippen LogP contribution is -2.39. The summed E-state index contributed by atoms with van der Waals surface area (Å²) in [4.78, 5) is 13.4. The maximum atomic E-state index is 11.1. The van der Waals surface area contributed by atoms with Gasteiger partial charge >= 0.3 is 0 Å². The Kier molecular flexibility index (Phi) is 7.14. The van der Waals surface area contributed by atoms with Crippen LogP contribution in [0, 0.1) is 0 Å². The van der Waals surface area contributed by atoms with E-state index < -0.39 is 12.1 Å². The fourth-order valence-corrected chi connectivity index (χ4v) is 3.35. The van der Waals surface area contributed by atoms with Crippen LogP contribution in [-0.2, 0) is 16.0 Å². The van der Waals surface area contributed by atoms with Gasteiger partial charge in [-0.15, -0.1) is 0 Å². The molecule has 0 saturated carbocycles. The van der Waals surface area contributed by atoms with Crippen LogP contribution in [0.3, 0.4) is 0 Å². The number of nitrogens with zero attached hydrogens (tertiary/aromatic N) is 1. The number of nitrogens with one attached hydrogen (secondary N) is 1. The van der Waals surface area contributed by atoms with Crippen molar-refractivity contribution in [3.05, 3.63) is 54.1 Å². The maximum Gasteiger partial charge on any atom is 0.142 e. The van der Waals surface area contributed by atoms with Crippen LogP contribution >= 0.6 is 0 Å². The van der Waals surface area contributed by atoms with Gasteiger partial charge in [-0.25, -0.2) is 0 Å². The van der Waals surface area contributed by atoms with Crippen molar-refractivity contribution in [2.24, 2.45) is 0 Å². The molecule has 1 N–H and O–H groups in total. The van der Waals surface area contributed by atoms with Crippen LogP contribution in [0.5, 0.6) is 5.75 Å². The second-order valence-corrected chi connectivity index (χ2v) is 6.75. The minimum atomic E-state index is -1.17. The molecule has 28 heavy (non-hydrogen) atoms. The third-order valence-corrected chi connectivity index (χ3v) is 4.76. The van der Waals surface area contributed by atoms with E-state index in [1.165, 1.54) is 0 Å². The molecule has 1 aliphatic rings. The largest absolute Gasteiger partial charge is 0.547 e. The lowest BCUT2D eigenvalue weighted by Gasteiger charge is -2.31. The second kappa shape index (κ2) is 9.99. The molecule has 2 aromatic rings. The first kappa shape index (κ1) is 20.0. The Morgan fingerprint density at radius 2 is 2.04 bits per heavy atom. The van der Waals surface area contributed by atoms with E-state index >= 15 is 0 Å². The molecule has 1 unspecified atom stereocenters. The molecular weight excluding hydrogens is 356 g/mol. The number of fused-ring (bicyclic) bond motifs is 1. The monoisotopic (exact) mass is 383 g/mol. The lowest BCUT2D eigenvalue weighted by molar-refractivity contribution is -0.316. The van der Waals surface area contributed by atoms with Crippen molar-refractivity contribution in [2.45, 2.75) is 25.9 Å². The van der Waals surface area contributed by atoms with Crippen molar-refractivity contribution in [2.75, 3.05) is 43.1 Å². The first-order chi connectivity index (χ1) is 13.7. The van der Waals surface area contributed by atoms with Crippen molar-refractivity contribution < 1.29 is 19.4 Å². The number of benzene rings is 2. The Morgan fingerprint density at radius 1 is 1.25 bits per heavy atom. The molecule has 0 aliphatic carbocycles. The number of para-hydroxylation sites is 2. The zero-order chi connectivity index (χ0) is 19.8. The topological polar surface area (TPSA) is 73.9 Å². The number of aliphatic carboxylic acids is 1. The van der Waals surface area contributed by atoms with Gasteiger partial charge in [0.25, 0.3) is 0 Å². The summed E-state index contributed by atoms with van der Waals surface area (Å²) in [6, 6.07) is 15.9. The highest BCUT2D eigenvalue weighted by molar-refractivity contribution is 5.70. The van der Waals surface area contributed by atoms with Crippen LogP contribution in [0.25, 0.3) is 0 Å². The van der Waals surface area contributed by atoms with Gasteiger partial charge in [-0.2, -0.15) is 0 Å². The fourth-order valence-electron chi connectivity index (χ4n) is 3.35. The number of ether oxygens (including phenoxy) is 2. The van der Waals surface area contributed by atoms with Crippen molar-refractivity contribution in [3.8, 4) is 5.75 Å². The molecule has 3 rings (SSSR count). The van der Waals surface area contributed by atoms with E-state index in [1.54, 1.807) is 6.92 Å². The molecule has 0 amide bonds. The van der Waals surface area contributed by atoms with Gasteiger partial charge in [-0.05, 0) is 43.2 Å². The molecule has 2 aromatic carbocycles. The van der Waals surface area contributed by atoms with Crippen LogP contribution in [0.2, 0.25) is 0 Å². The quantitative estimate of drug-likeness (QED) is 0.634. The van der Waals surface area contributed by atoms with Crippen LogP contribution in [0.4, 0.5) is 11.4 Å². The molecule has 150 valence electrons. The molecule has 1 aliphatic heterocycles. The summed E-state index contributed by atoms with van der Waals surface area (Å²) in [6.45, 7) is 5.59. The highest BCUT2D eigenvalue weighted by Gasteiger charge is 2.16. The highest BCUT2D eigenvalue weighted by atomic mass is 16.5. The number of hydrogen-bond donors (Lipinski definition) is 1. The van der Waals surface area contributed by atoms with Gasteiger partial charge in [0.15, 0.2) is 0 Å². The molecule has 6 heteroatoms. The van der Waals surface area contributed by atoms with E-state index in [1.807, 2.05) is 42.5 Å². The number of carbonyl (C=O) groups excluding carboxylic acids is 1. The Bertz CT molecular complexity index is 763. The van der Waals surface area contributed by atoms with Crippen LogP contribution in [0.1, 0.15) is 18.9 Å². The van der Waals surface area contributed by atoms with E-state index in [-0.39, 0.29) is 0 Å². The van der Waals surface area contributed by atoms with Gasteiger partial charge in [-0.3, -0.25) is 0 Å². The fraction of sp³-hybridized carbons (Fsp3) is 0.409. The Morgan fingerprint density at radius 3 is 2.79 bits per heavy atom. The van der Waals surface area contributed by atoms with Gasteiger partial charge in [0.05, 0.1) is 18.2 Å². The smallest absolute Gasteiger partial charge is 0.142 e. The SMILES string of the molecule is CCOC(Cc1ccc(NCCCN2CCOc3ccccc32)cc1)C(=O)[O-]. The summed E-state index contributed by atoms with van der Waals surface area (Å²) >= 11 is 0. The van der Waals surface area contributed by atoms with Crippen molar-refractivity contribution >= 4 is 17.3 Å². The van der Waals surface area contributed by atoms with Gasteiger partial charge < -0.3 is 29.6 Å². The van der Waals surface area contributed by atoms with E-state index in [9.17, 15) is 9.90 Å². The van der Waals surface area contributed by atoms with E-state index in [0.717, 1.165) is 55.3 Å². The third-order valence-electron chi connectivity index (χ3n) is 4.76. The van der Waals surface area contributed by atoms with Crippen LogP contribution < -0.4 is 20.1 Å². The standard InChI is InChI=1S/C22H28N2O4/c1-2-27-21(22(25)26)16-17-8-10-18(11-9-17)23-12-5-13-24-14-15-28-20-7-4-3-6-19(20)24/h3-4,6-11,21,23H,2,5,12-16H2,1H3,(H,25,26)/p-1. The maximum absolute atomic E-state index is 11.1. The predicted molar refractivity (Wildman–Crippen MR) is 108 cm³/mol.